The zero-order chi connectivity index (χ0) is 24.7. The van der Waals surface area contributed by atoms with E-state index in [-0.39, 0.29) is 48.2 Å². The Kier molecular flexibility index (Phi) is 32.3. The fraction of sp³-hybridized carbons (Fsp3) is 0.833. The van der Waals surface area contributed by atoms with Crippen LogP contribution in [-0.2, 0) is 14.4 Å². The van der Waals surface area contributed by atoms with Gasteiger partial charge in [0.05, 0.1) is 32.5 Å². The molecule has 30 heavy (non-hydrogen) atoms. The summed E-state index contributed by atoms with van der Waals surface area (Å²) >= 11 is 12.0. The van der Waals surface area contributed by atoms with E-state index < -0.39 is 24.0 Å². The molecule has 12 heteroatoms. The highest BCUT2D eigenvalue weighted by Gasteiger charge is 2.05. The normalized spacial score (nSPS) is 12.6. The molecule has 3 unspecified atom stereocenters. The molecule has 0 fully saturated rings. The van der Waals surface area contributed by atoms with Gasteiger partial charge in [-0.05, 0) is 19.3 Å². The largest absolute Gasteiger partial charge is 0.481 e. The highest BCUT2D eigenvalue weighted by Crippen LogP contribution is 2.05. The number of aliphatic carboxylic acids is 3. The number of aliphatic hydroxyl groups is 3. The molecule has 0 aromatic carbocycles. The lowest BCUT2D eigenvalue weighted by molar-refractivity contribution is -0.138. The molecule has 0 aromatic heterocycles. The predicted octanol–water partition coefficient (Wildman–Crippen LogP) is 1.84. The lowest BCUT2D eigenvalue weighted by Crippen LogP contribution is -2.15. The summed E-state index contributed by atoms with van der Waals surface area (Å²) in [6, 6.07) is 0. The average molecular weight is 495 g/mol. The van der Waals surface area contributed by atoms with Crippen molar-refractivity contribution >= 4 is 55.8 Å². The smallest absolute Gasteiger partial charge is 0.304 e. The van der Waals surface area contributed by atoms with Gasteiger partial charge in [0, 0.05) is 15.7 Å². The van der Waals surface area contributed by atoms with E-state index >= 15 is 0 Å². The van der Waals surface area contributed by atoms with Crippen molar-refractivity contribution in [2.24, 2.45) is 0 Å². The molecule has 0 aliphatic carbocycles. The van der Waals surface area contributed by atoms with E-state index in [1.165, 1.54) is 0 Å². The van der Waals surface area contributed by atoms with Crippen molar-refractivity contribution in [3.63, 3.8) is 0 Å². The summed E-state index contributed by atoms with van der Waals surface area (Å²) in [7, 11) is 0. The van der Waals surface area contributed by atoms with Crippen molar-refractivity contribution in [2.45, 2.75) is 81.1 Å². The monoisotopic (exact) mass is 494 g/mol. The first-order valence-electron chi connectivity index (χ1n) is 9.40. The van der Waals surface area contributed by atoms with Crippen LogP contribution < -0.4 is 0 Å². The van der Waals surface area contributed by atoms with Gasteiger partial charge >= 0.3 is 17.9 Å². The maximum absolute atomic E-state index is 9.92. The van der Waals surface area contributed by atoms with Crippen LogP contribution in [0.5, 0.6) is 0 Å². The van der Waals surface area contributed by atoms with Gasteiger partial charge in [0.2, 0.25) is 0 Å². The maximum Gasteiger partial charge on any atom is 0.304 e. The van der Waals surface area contributed by atoms with E-state index in [4.69, 9.17) is 30.6 Å². The van der Waals surface area contributed by atoms with E-state index in [1.807, 2.05) is 20.8 Å². The van der Waals surface area contributed by atoms with Crippen LogP contribution in [0.15, 0.2) is 0 Å². The Bertz CT molecular complexity index is 369. The third kappa shape index (κ3) is 41.7. The summed E-state index contributed by atoms with van der Waals surface area (Å²) in [5.41, 5.74) is 0. The second-order valence-electron chi connectivity index (χ2n) is 6.00. The molecule has 3 atom stereocenters. The van der Waals surface area contributed by atoms with Gasteiger partial charge in [-0.3, -0.25) is 14.4 Å². The second kappa shape index (κ2) is 26.4. The molecule has 9 nitrogen and oxygen atoms in total. The van der Waals surface area contributed by atoms with Crippen LogP contribution in [0, 0.1) is 0 Å². The maximum atomic E-state index is 9.92. The Labute approximate surface area is 195 Å². The quantitative estimate of drug-likeness (QED) is 0.194. The van der Waals surface area contributed by atoms with Crippen molar-refractivity contribution in [1.82, 2.24) is 0 Å². The van der Waals surface area contributed by atoms with Crippen molar-refractivity contribution in [3.8, 4) is 0 Å². The molecule has 0 rings (SSSR count). The lowest BCUT2D eigenvalue weighted by atomic mass is 10.2. The summed E-state index contributed by atoms with van der Waals surface area (Å²) < 4.78 is 0. The zero-order valence-electron chi connectivity index (χ0n) is 17.7. The number of thiol groups is 3. The number of hydrogen-bond donors (Lipinski definition) is 9. The lowest BCUT2D eigenvalue weighted by Gasteiger charge is -1.99. The molecule has 0 heterocycles. The molecule has 0 aromatic rings. The molecule has 6 N–H and O–H groups in total. The first-order valence-corrected chi connectivity index (χ1v) is 10.9. The van der Waals surface area contributed by atoms with Crippen LogP contribution in [0.25, 0.3) is 0 Å². The van der Waals surface area contributed by atoms with Gasteiger partial charge in [0.25, 0.3) is 0 Å². The van der Waals surface area contributed by atoms with Gasteiger partial charge in [-0.1, -0.05) is 20.8 Å². The standard InChI is InChI=1S/3C5H10O2S.C3H8O3/c3*1-2-4(8)3-5(6)7;4-1-3(6)2-5/h3*4,8H,2-3H2,1H3,(H,6,7);3-6H,1-2H2. The molecular formula is C18H38O9S3. The zero-order valence-corrected chi connectivity index (χ0v) is 20.4. The Balaban J connectivity index is -0.000000151. The minimum atomic E-state index is -0.954. The topological polar surface area (TPSA) is 173 Å². The third-order valence-electron chi connectivity index (χ3n) is 3.07. The molecule has 0 saturated heterocycles. The molecule has 0 radical (unpaired) electrons. The molecule has 0 aliphatic rings. The highest BCUT2D eigenvalue weighted by molar-refractivity contribution is 7.81. The summed E-state index contributed by atoms with van der Waals surface area (Å²) in [6.07, 6.45) is 1.99. The first-order chi connectivity index (χ1) is 13.8. The molecule has 0 amide bonds. The van der Waals surface area contributed by atoms with Crippen molar-refractivity contribution in [3.05, 3.63) is 0 Å². The Morgan fingerprint density at radius 3 is 0.867 bits per heavy atom. The number of aliphatic hydroxyl groups excluding tert-OH is 3. The fourth-order valence-corrected chi connectivity index (χ4v) is 1.56. The number of rotatable bonds is 11. The van der Waals surface area contributed by atoms with E-state index in [0.717, 1.165) is 19.3 Å². The van der Waals surface area contributed by atoms with E-state index in [2.05, 4.69) is 37.9 Å². The van der Waals surface area contributed by atoms with Crippen molar-refractivity contribution in [1.29, 1.82) is 0 Å². The third-order valence-corrected chi connectivity index (χ3v) is 4.71. The van der Waals surface area contributed by atoms with E-state index in [9.17, 15) is 14.4 Å². The molecular weight excluding hydrogens is 456 g/mol. The SMILES string of the molecule is CCC(S)CC(=O)O.CCC(S)CC(=O)O.CCC(S)CC(=O)O.OCC(O)CO. The molecule has 0 spiro atoms. The minimum Gasteiger partial charge on any atom is -0.481 e. The van der Waals surface area contributed by atoms with Gasteiger partial charge in [-0.15, -0.1) is 0 Å². The van der Waals surface area contributed by atoms with Gasteiger partial charge in [-0.2, -0.15) is 37.9 Å². The summed E-state index contributed by atoms with van der Waals surface area (Å²) in [6.45, 7) is 5.02. The fourth-order valence-electron chi connectivity index (χ4n) is 1.10. The molecule has 0 bridgehead atoms. The number of hydrogen-bond acceptors (Lipinski definition) is 9. The van der Waals surface area contributed by atoms with Gasteiger partial charge < -0.3 is 30.6 Å². The van der Waals surface area contributed by atoms with Crippen LogP contribution in [0.2, 0.25) is 0 Å². The van der Waals surface area contributed by atoms with Crippen LogP contribution >= 0.6 is 37.9 Å². The van der Waals surface area contributed by atoms with E-state index in [1.54, 1.807) is 0 Å². The van der Waals surface area contributed by atoms with Gasteiger partial charge in [0.1, 0.15) is 6.10 Å². The predicted molar refractivity (Wildman–Crippen MR) is 126 cm³/mol. The highest BCUT2D eigenvalue weighted by atomic mass is 32.1. The van der Waals surface area contributed by atoms with Crippen molar-refractivity contribution in [2.75, 3.05) is 13.2 Å². The number of carboxylic acid groups (broad SMARTS) is 3. The Hall–Kier alpha value is -0.660. The first kappa shape index (κ1) is 36.7. The van der Waals surface area contributed by atoms with Crippen LogP contribution in [0.4, 0.5) is 0 Å². The molecule has 182 valence electrons. The number of carboxylic acids is 3. The van der Waals surface area contributed by atoms with Crippen LogP contribution in [0.1, 0.15) is 59.3 Å². The van der Waals surface area contributed by atoms with Crippen LogP contribution in [-0.4, -0.2) is 83.6 Å². The molecule has 0 aliphatic heterocycles. The number of carbonyl (C=O) groups is 3. The van der Waals surface area contributed by atoms with Gasteiger partial charge in [0.15, 0.2) is 0 Å². The minimum absolute atomic E-state index is 0.0208. The Morgan fingerprint density at radius 1 is 0.633 bits per heavy atom. The van der Waals surface area contributed by atoms with Crippen molar-refractivity contribution < 1.29 is 45.0 Å². The summed E-state index contributed by atoms with van der Waals surface area (Å²) in [4.78, 5) is 29.8. The average Bonchev–Trinajstić information content (AvgIpc) is 2.66. The summed E-state index contributed by atoms with van der Waals surface area (Å²) in [5.74, 6) is -2.31. The second-order valence-corrected chi connectivity index (χ2v) is 8.19. The Morgan fingerprint density at radius 2 is 0.833 bits per heavy atom. The van der Waals surface area contributed by atoms with Crippen LogP contribution in [0.3, 0.4) is 0 Å². The van der Waals surface area contributed by atoms with E-state index in [0.29, 0.717) is 0 Å². The summed E-state index contributed by atoms with van der Waals surface area (Å²) in [5, 5.41) is 48.6. The molecule has 0 saturated carbocycles. The van der Waals surface area contributed by atoms with Gasteiger partial charge in [-0.25, -0.2) is 0 Å².